The Morgan fingerprint density at radius 2 is 1.82 bits per heavy atom. The summed E-state index contributed by atoms with van der Waals surface area (Å²) in [4.78, 5) is 11.3. The number of hydrogen-bond donors (Lipinski definition) is 1. The van der Waals surface area contributed by atoms with Crippen LogP contribution in [0.1, 0.15) is 50.3 Å². The van der Waals surface area contributed by atoms with Gasteiger partial charge in [0, 0.05) is 6.42 Å². The van der Waals surface area contributed by atoms with Crippen LogP contribution in [0.2, 0.25) is 0 Å². The highest BCUT2D eigenvalue weighted by Crippen LogP contribution is 2.18. The number of benzene rings is 1. The van der Waals surface area contributed by atoms with Gasteiger partial charge in [0.05, 0.1) is 6.07 Å². The third-order valence-corrected chi connectivity index (χ3v) is 2.69. The molecule has 0 heterocycles. The monoisotopic (exact) mass is 230 g/mol. The van der Waals surface area contributed by atoms with E-state index in [0.717, 1.165) is 5.56 Å². The van der Waals surface area contributed by atoms with Crippen LogP contribution < -0.4 is 5.32 Å². The fourth-order valence-electron chi connectivity index (χ4n) is 1.53. The molecule has 3 nitrogen and oxygen atoms in total. The molecule has 0 aliphatic heterocycles. The maximum atomic E-state index is 11.3. The van der Waals surface area contributed by atoms with Crippen LogP contribution in [0.5, 0.6) is 0 Å². The average molecular weight is 230 g/mol. The summed E-state index contributed by atoms with van der Waals surface area (Å²) in [5, 5.41) is 11.7. The Labute approximate surface area is 102 Å². The van der Waals surface area contributed by atoms with Crippen molar-refractivity contribution in [2.24, 2.45) is 0 Å². The molecule has 1 amide bonds. The topological polar surface area (TPSA) is 52.9 Å². The molecule has 0 aliphatic carbocycles. The molecule has 1 aromatic rings. The van der Waals surface area contributed by atoms with Crippen LogP contribution in [0.25, 0.3) is 0 Å². The molecule has 90 valence electrons. The predicted octanol–water partition coefficient (Wildman–Crippen LogP) is 2.90. The van der Waals surface area contributed by atoms with E-state index in [1.165, 1.54) is 5.56 Å². The van der Waals surface area contributed by atoms with E-state index in [4.69, 9.17) is 5.26 Å². The first-order valence-electron chi connectivity index (χ1n) is 5.87. The molecule has 3 heteroatoms. The predicted molar refractivity (Wildman–Crippen MR) is 67.3 cm³/mol. The maximum absolute atomic E-state index is 11.3. The molecule has 0 aromatic heterocycles. The summed E-state index contributed by atoms with van der Waals surface area (Å²) in [6.45, 7) is 6.01. The van der Waals surface area contributed by atoms with E-state index in [2.05, 4.69) is 25.2 Å². The smallest absolute Gasteiger partial charge is 0.221 e. The first-order chi connectivity index (χ1) is 8.08. The van der Waals surface area contributed by atoms with Crippen molar-refractivity contribution in [1.82, 2.24) is 5.32 Å². The van der Waals surface area contributed by atoms with E-state index in [1.54, 1.807) is 6.92 Å². The molecule has 17 heavy (non-hydrogen) atoms. The molecule has 1 unspecified atom stereocenters. The number of hydrogen-bond acceptors (Lipinski definition) is 2. The Morgan fingerprint density at radius 3 is 2.24 bits per heavy atom. The van der Waals surface area contributed by atoms with Gasteiger partial charge in [0.1, 0.15) is 6.04 Å². The van der Waals surface area contributed by atoms with Crippen LogP contribution in [0, 0.1) is 11.3 Å². The summed E-state index contributed by atoms with van der Waals surface area (Å²) in [5.41, 5.74) is 2.06. The van der Waals surface area contributed by atoms with E-state index < -0.39 is 6.04 Å². The SMILES string of the molecule is CCC(=O)NC(C#N)c1ccc(C(C)C)cc1. The van der Waals surface area contributed by atoms with E-state index in [1.807, 2.05) is 24.3 Å². The van der Waals surface area contributed by atoms with Gasteiger partial charge in [-0.2, -0.15) is 5.26 Å². The standard InChI is InChI=1S/C14H18N2O/c1-4-14(17)16-13(9-15)12-7-5-11(6-8-12)10(2)3/h5-8,10,13H,4H2,1-3H3,(H,16,17). The Bertz CT molecular complexity index is 415. The Balaban J connectivity index is 2.83. The molecule has 0 saturated heterocycles. The number of nitrogens with one attached hydrogen (secondary N) is 1. The van der Waals surface area contributed by atoms with Crippen molar-refractivity contribution < 1.29 is 4.79 Å². The minimum Gasteiger partial charge on any atom is -0.337 e. The summed E-state index contributed by atoms with van der Waals surface area (Å²) in [5.74, 6) is 0.360. The molecule has 1 aromatic carbocycles. The lowest BCUT2D eigenvalue weighted by Gasteiger charge is -2.12. The minimum absolute atomic E-state index is 0.107. The zero-order valence-corrected chi connectivity index (χ0v) is 10.5. The summed E-state index contributed by atoms with van der Waals surface area (Å²) >= 11 is 0. The highest BCUT2D eigenvalue weighted by atomic mass is 16.1. The highest BCUT2D eigenvalue weighted by Gasteiger charge is 2.12. The normalized spacial score (nSPS) is 11.9. The average Bonchev–Trinajstić information content (AvgIpc) is 2.35. The molecular weight excluding hydrogens is 212 g/mol. The molecule has 0 bridgehead atoms. The van der Waals surface area contributed by atoms with Crippen molar-refractivity contribution in [1.29, 1.82) is 5.26 Å². The summed E-state index contributed by atoms with van der Waals surface area (Å²) in [6, 6.07) is 9.36. The van der Waals surface area contributed by atoms with Gasteiger partial charge in [0.25, 0.3) is 0 Å². The van der Waals surface area contributed by atoms with Gasteiger partial charge in [-0.05, 0) is 17.0 Å². The number of amides is 1. The highest BCUT2D eigenvalue weighted by molar-refractivity contribution is 5.76. The van der Waals surface area contributed by atoms with Gasteiger partial charge in [-0.25, -0.2) is 0 Å². The lowest BCUT2D eigenvalue weighted by molar-refractivity contribution is -0.121. The van der Waals surface area contributed by atoms with Gasteiger partial charge in [0.2, 0.25) is 5.91 Å². The van der Waals surface area contributed by atoms with Gasteiger partial charge >= 0.3 is 0 Å². The third-order valence-electron chi connectivity index (χ3n) is 2.69. The van der Waals surface area contributed by atoms with Gasteiger partial charge < -0.3 is 5.32 Å². The molecular formula is C14H18N2O. The Morgan fingerprint density at radius 1 is 1.29 bits per heavy atom. The largest absolute Gasteiger partial charge is 0.337 e. The lowest BCUT2D eigenvalue weighted by atomic mass is 9.99. The fourth-order valence-corrected chi connectivity index (χ4v) is 1.53. The zero-order chi connectivity index (χ0) is 12.8. The minimum atomic E-state index is -0.552. The number of nitrogens with zero attached hydrogens (tertiary/aromatic N) is 1. The third kappa shape index (κ3) is 3.60. The van der Waals surface area contributed by atoms with Crippen LogP contribution in [0.4, 0.5) is 0 Å². The molecule has 1 N–H and O–H groups in total. The van der Waals surface area contributed by atoms with Crippen LogP contribution in [0.3, 0.4) is 0 Å². The molecule has 0 saturated carbocycles. The number of carbonyl (C=O) groups excluding carboxylic acids is 1. The second-order valence-electron chi connectivity index (χ2n) is 4.30. The summed E-state index contributed by atoms with van der Waals surface area (Å²) in [7, 11) is 0. The van der Waals surface area contributed by atoms with E-state index in [0.29, 0.717) is 12.3 Å². The van der Waals surface area contributed by atoms with Crippen molar-refractivity contribution in [3.8, 4) is 6.07 Å². The van der Waals surface area contributed by atoms with Crippen LogP contribution in [0.15, 0.2) is 24.3 Å². The van der Waals surface area contributed by atoms with Crippen molar-refractivity contribution in [2.45, 2.75) is 39.2 Å². The second-order valence-corrected chi connectivity index (χ2v) is 4.30. The van der Waals surface area contributed by atoms with Crippen molar-refractivity contribution in [3.63, 3.8) is 0 Å². The maximum Gasteiger partial charge on any atom is 0.221 e. The summed E-state index contributed by atoms with van der Waals surface area (Å²) < 4.78 is 0. The quantitative estimate of drug-likeness (QED) is 0.864. The van der Waals surface area contributed by atoms with Crippen LogP contribution >= 0.6 is 0 Å². The molecule has 0 radical (unpaired) electrons. The van der Waals surface area contributed by atoms with Gasteiger partial charge in [0.15, 0.2) is 0 Å². The number of nitriles is 1. The number of rotatable bonds is 4. The van der Waals surface area contributed by atoms with Crippen molar-refractivity contribution >= 4 is 5.91 Å². The second kappa shape index (κ2) is 6.05. The molecule has 0 spiro atoms. The van der Waals surface area contributed by atoms with Crippen molar-refractivity contribution in [3.05, 3.63) is 35.4 Å². The Kier molecular flexibility index (Phi) is 4.71. The van der Waals surface area contributed by atoms with Crippen molar-refractivity contribution in [2.75, 3.05) is 0 Å². The van der Waals surface area contributed by atoms with Gasteiger partial charge in [-0.3, -0.25) is 4.79 Å². The molecule has 1 atom stereocenters. The van der Waals surface area contributed by atoms with E-state index >= 15 is 0 Å². The van der Waals surface area contributed by atoms with E-state index in [9.17, 15) is 4.79 Å². The molecule has 0 aliphatic rings. The first kappa shape index (κ1) is 13.2. The molecule has 1 rings (SSSR count). The number of carbonyl (C=O) groups is 1. The van der Waals surface area contributed by atoms with Gasteiger partial charge in [-0.1, -0.05) is 45.0 Å². The van der Waals surface area contributed by atoms with E-state index in [-0.39, 0.29) is 5.91 Å². The fraction of sp³-hybridized carbons (Fsp3) is 0.429. The van der Waals surface area contributed by atoms with Crippen LogP contribution in [-0.2, 0) is 4.79 Å². The van der Waals surface area contributed by atoms with Crippen LogP contribution in [-0.4, -0.2) is 5.91 Å². The zero-order valence-electron chi connectivity index (χ0n) is 10.5. The first-order valence-corrected chi connectivity index (χ1v) is 5.87. The summed E-state index contributed by atoms with van der Waals surface area (Å²) in [6.07, 6.45) is 0.391. The Hall–Kier alpha value is -1.82. The van der Waals surface area contributed by atoms with Gasteiger partial charge in [-0.15, -0.1) is 0 Å². The lowest BCUT2D eigenvalue weighted by Crippen LogP contribution is -2.26. The molecule has 0 fully saturated rings.